The smallest absolute Gasteiger partial charge is 0.172 e. The molecule has 1 saturated heterocycles. The quantitative estimate of drug-likeness (QED) is 0.425. The Morgan fingerprint density at radius 3 is 2.35 bits per heavy atom. The van der Waals surface area contributed by atoms with E-state index >= 15 is 0 Å². The largest absolute Gasteiger partial charge is 0.457 e. The Balaban J connectivity index is 1.37. The molecule has 0 aliphatic carbocycles. The minimum atomic E-state index is -0.907. The first kappa shape index (κ1) is 21.4. The lowest BCUT2D eigenvalue weighted by atomic mass is 10.1. The number of aromatic nitrogens is 2. The fourth-order valence-corrected chi connectivity index (χ4v) is 3.88. The molecule has 7 heteroatoms. The number of likely N-dealkylation sites (tertiary alicyclic amines) is 1. The minimum Gasteiger partial charge on any atom is -0.457 e. The summed E-state index contributed by atoms with van der Waals surface area (Å²) in [4.78, 5) is 8.75. The second kappa shape index (κ2) is 9.51. The molecule has 162 valence electrons. The van der Waals surface area contributed by atoms with Gasteiger partial charge < -0.3 is 14.3 Å². The van der Waals surface area contributed by atoms with Gasteiger partial charge in [0.1, 0.15) is 17.3 Å². The van der Waals surface area contributed by atoms with Gasteiger partial charge in [-0.15, -0.1) is 0 Å². The summed E-state index contributed by atoms with van der Waals surface area (Å²) < 4.78 is 19.8. The number of benzene rings is 2. The van der Waals surface area contributed by atoms with Crippen molar-refractivity contribution in [3.05, 3.63) is 72.4 Å². The molecule has 2 N–H and O–H groups in total. The fourth-order valence-electron chi connectivity index (χ4n) is 3.88. The number of likely N-dealkylation sites (N-methyl/N-ethyl adjacent to an activating group) is 1. The Hall–Kier alpha value is -2.87. The summed E-state index contributed by atoms with van der Waals surface area (Å²) in [6, 6.07) is 15.1. The van der Waals surface area contributed by atoms with Crippen molar-refractivity contribution < 1.29 is 18.7 Å². The van der Waals surface area contributed by atoms with Gasteiger partial charge in [-0.2, -0.15) is 0 Å². The van der Waals surface area contributed by atoms with Crippen molar-refractivity contribution >= 4 is 0 Å². The molecule has 2 heterocycles. The number of aliphatic hydroxyl groups excluding tert-OH is 1. The molecule has 31 heavy (non-hydrogen) atoms. The summed E-state index contributed by atoms with van der Waals surface area (Å²) >= 11 is 0. The van der Waals surface area contributed by atoms with Gasteiger partial charge in [-0.25, -0.2) is 14.4 Å². The molecular weight excluding hydrogens is 395 g/mol. The molecule has 1 fully saturated rings. The van der Waals surface area contributed by atoms with Crippen LogP contribution in [0.1, 0.15) is 24.9 Å². The number of ether oxygens (including phenoxy) is 1. The number of rotatable bonds is 8. The van der Waals surface area contributed by atoms with E-state index in [2.05, 4.69) is 22.3 Å². The highest BCUT2D eigenvalue weighted by Gasteiger charge is 2.26. The molecule has 1 atom stereocenters. The van der Waals surface area contributed by atoms with Crippen LogP contribution < -0.4 is 10.1 Å². The van der Waals surface area contributed by atoms with Crippen LogP contribution in [0, 0.1) is 5.82 Å². The molecule has 3 aromatic rings. The Kier molecular flexibility index (Phi) is 6.56. The molecule has 6 nitrogen and oxygen atoms in total. The minimum absolute atomic E-state index is 0.300. The fraction of sp³-hybridized carbons (Fsp3) is 0.333. The van der Waals surface area contributed by atoms with Crippen LogP contribution in [0.5, 0.6) is 11.5 Å². The van der Waals surface area contributed by atoms with Crippen LogP contribution in [-0.4, -0.2) is 52.8 Å². The van der Waals surface area contributed by atoms with Crippen molar-refractivity contribution in [3.8, 4) is 22.8 Å². The highest BCUT2D eigenvalue weighted by Crippen LogP contribution is 2.25. The number of nitrogens with zero attached hydrogens (tertiary/aromatic N) is 3. The van der Waals surface area contributed by atoms with Crippen LogP contribution in [-0.2, 0) is 0 Å². The van der Waals surface area contributed by atoms with E-state index in [1.807, 2.05) is 30.3 Å². The maximum absolute atomic E-state index is 13.0. The van der Waals surface area contributed by atoms with Crippen molar-refractivity contribution in [3.63, 3.8) is 0 Å². The third-order valence-electron chi connectivity index (χ3n) is 5.75. The van der Waals surface area contributed by atoms with Gasteiger partial charge in [0.15, 0.2) is 12.1 Å². The third kappa shape index (κ3) is 5.64. The monoisotopic (exact) mass is 423 g/mol. The van der Waals surface area contributed by atoms with E-state index in [1.165, 1.54) is 38.1 Å². The second-order valence-corrected chi connectivity index (χ2v) is 8.23. The summed E-state index contributed by atoms with van der Waals surface area (Å²) in [7, 11) is 2.27. The predicted octanol–water partition coefficient (Wildman–Crippen LogP) is 3.90. The number of halogens is 1. The zero-order valence-electron chi connectivity index (χ0n) is 17.7. The number of quaternary nitrogens is 1. The standard InChI is InChI=1S/C24H28FN4O2/c1-29(15-2-3-16-29)17-14-27-24(30)23-26-13-12-22(28-23)18-4-8-20(9-5-18)31-21-10-6-19(25)7-11-21/h4-13,24,27,30H,2-3,14-17H2,1H3/q+1. The maximum Gasteiger partial charge on any atom is 0.172 e. The first-order valence-electron chi connectivity index (χ1n) is 10.6. The van der Waals surface area contributed by atoms with Gasteiger partial charge in [0, 0.05) is 31.1 Å². The normalized spacial score (nSPS) is 16.2. The van der Waals surface area contributed by atoms with Gasteiger partial charge in [-0.1, -0.05) is 0 Å². The summed E-state index contributed by atoms with van der Waals surface area (Å²) in [5, 5.41) is 13.6. The van der Waals surface area contributed by atoms with E-state index in [-0.39, 0.29) is 5.82 Å². The van der Waals surface area contributed by atoms with E-state index in [4.69, 9.17) is 4.74 Å². The molecule has 2 aromatic carbocycles. The third-order valence-corrected chi connectivity index (χ3v) is 5.75. The van der Waals surface area contributed by atoms with Gasteiger partial charge >= 0.3 is 0 Å². The zero-order chi connectivity index (χ0) is 21.7. The molecule has 0 bridgehead atoms. The first-order valence-corrected chi connectivity index (χ1v) is 10.6. The molecule has 1 aliphatic heterocycles. The summed E-state index contributed by atoms with van der Waals surface area (Å²) in [5.74, 6) is 1.27. The Morgan fingerprint density at radius 1 is 1.03 bits per heavy atom. The van der Waals surface area contributed by atoms with Gasteiger partial charge in [0.25, 0.3) is 0 Å². The van der Waals surface area contributed by atoms with E-state index < -0.39 is 6.23 Å². The molecule has 1 aromatic heterocycles. The van der Waals surface area contributed by atoms with Crippen LogP contribution in [0.4, 0.5) is 4.39 Å². The van der Waals surface area contributed by atoms with Crippen molar-refractivity contribution in [2.45, 2.75) is 19.1 Å². The molecular formula is C24H28FN4O2+. The van der Waals surface area contributed by atoms with Crippen LogP contribution in [0.2, 0.25) is 0 Å². The lowest BCUT2D eigenvalue weighted by Gasteiger charge is -2.29. The molecule has 4 rings (SSSR count). The van der Waals surface area contributed by atoms with E-state index in [9.17, 15) is 9.50 Å². The predicted molar refractivity (Wildman–Crippen MR) is 117 cm³/mol. The van der Waals surface area contributed by atoms with Crippen LogP contribution >= 0.6 is 0 Å². The average Bonchev–Trinajstić information content (AvgIpc) is 3.22. The zero-order valence-corrected chi connectivity index (χ0v) is 17.7. The molecule has 1 unspecified atom stereocenters. The van der Waals surface area contributed by atoms with Crippen LogP contribution in [0.15, 0.2) is 60.8 Å². The van der Waals surface area contributed by atoms with Gasteiger partial charge in [0.2, 0.25) is 0 Å². The van der Waals surface area contributed by atoms with E-state index in [0.717, 1.165) is 22.3 Å². The molecule has 0 spiro atoms. The highest BCUT2D eigenvalue weighted by atomic mass is 19.1. The van der Waals surface area contributed by atoms with E-state index in [1.54, 1.807) is 18.3 Å². The Morgan fingerprint density at radius 2 is 1.68 bits per heavy atom. The molecule has 0 amide bonds. The Bertz CT molecular complexity index is 989. The SMILES string of the molecule is C[N+]1(CCNC(O)c2nccc(-c3ccc(Oc4ccc(F)cc4)cc3)n2)CCCC1. The maximum atomic E-state index is 13.0. The highest BCUT2D eigenvalue weighted by molar-refractivity contribution is 5.59. The van der Waals surface area contributed by atoms with Gasteiger partial charge in [-0.05, 0) is 54.6 Å². The van der Waals surface area contributed by atoms with Crippen molar-refractivity contribution in [1.29, 1.82) is 0 Å². The van der Waals surface area contributed by atoms with Gasteiger partial charge in [0.05, 0.1) is 32.4 Å². The average molecular weight is 424 g/mol. The van der Waals surface area contributed by atoms with Crippen LogP contribution in [0.25, 0.3) is 11.3 Å². The molecule has 0 saturated carbocycles. The molecule has 0 radical (unpaired) electrons. The first-order chi connectivity index (χ1) is 15.0. The second-order valence-electron chi connectivity index (χ2n) is 8.23. The number of nitrogens with one attached hydrogen (secondary N) is 1. The number of aliphatic hydroxyl groups is 1. The van der Waals surface area contributed by atoms with Crippen LogP contribution in [0.3, 0.4) is 0 Å². The lowest BCUT2D eigenvalue weighted by Crippen LogP contribution is -2.46. The summed E-state index contributed by atoms with van der Waals surface area (Å²) in [5.41, 5.74) is 1.61. The van der Waals surface area contributed by atoms with E-state index in [0.29, 0.717) is 23.9 Å². The summed E-state index contributed by atoms with van der Waals surface area (Å²) in [6.07, 6.45) is 3.30. The number of hydrogen-bond donors (Lipinski definition) is 2. The topological polar surface area (TPSA) is 67.3 Å². The van der Waals surface area contributed by atoms with Crippen molar-refractivity contribution in [1.82, 2.24) is 15.3 Å². The molecule has 1 aliphatic rings. The van der Waals surface area contributed by atoms with Gasteiger partial charge in [-0.3, -0.25) is 5.32 Å². The number of hydrogen-bond acceptors (Lipinski definition) is 5. The lowest BCUT2D eigenvalue weighted by molar-refractivity contribution is -0.896. The van der Waals surface area contributed by atoms with Crippen molar-refractivity contribution in [2.24, 2.45) is 0 Å². The Labute approximate surface area is 181 Å². The van der Waals surface area contributed by atoms with Crippen molar-refractivity contribution in [2.75, 3.05) is 33.2 Å². The summed E-state index contributed by atoms with van der Waals surface area (Å²) in [6.45, 7) is 4.09.